The molecule has 1 N–H and O–H groups in total. The molecule has 1 atom stereocenters. The van der Waals surface area contributed by atoms with Crippen LogP contribution in [0.2, 0.25) is 0 Å². The minimum atomic E-state index is 0.475. The number of hydrogen-bond donors (Lipinski definition) is 1. The van der Waals surface area contributed by atoms with Crippen LogP contribution in [0.5, 0.6) is 0 Å². The molecule has 0 amide bonds. The Morgan fingerprint density at radius 2 is 2.50 bits per heavy atom. The lowest BCUT2D eigenvalue weighted by atomic mass is 9.98. The molecule has 12 heavy (non-hydrogen) atoms. The van der Waals surface area contributed by atoms with Crippen LogP contribution in [-0.2, 0) is 0 Å². The Balaban J connectivity index is 2.04. The van der Waals surface area contributed by atoms with Crippen LogP contribution >= 0.6 is 0 Å². The summed E-state index contributed by atoms with van der Waals surface area (Å²) in [4.78, 5) is 2.31. The Bertz CT molecular complexity index is 232. The van der Waals surface area contributed by atoms with Crippen molar-refractivity contribution in [2.75, 3.05) is 20.1 Å². The Hall–Kier alpha value is -0.970. The highest BCUT2D eigenvalue weighted by Gasteiger charge is 2.21. The highest BCUT2D eigenvalue weighted by atomic mass is 15.5. The number of tetrazole rings is 1. The Morgan fingerprint density at radius 3 is 3.17 bits per heavy atom. The molecule has 5 nitrogen and oxygen atoms in total. The molecule has 0 bridgehead atoms. The molecule has 66 valence electrons. The second-order valence-corrected chi connectivity index (χ2v) is 3.37. The van der Waals surface area contributed by atoms with Crippen LogP contribution in [-0.4, -0.2) is 45.7 Å². The summed E-state index contributed by atoms with van der Waals surface area (Å²) in [6.45, 7) is 2.24. The average Bonchev–Trinajstić information content (AvgIpc) is 2.56. The van der Waals surface area contributed by atoms with Crippen molar-refractivity contribution >= 4 is 0 Å². The van der Waals surface area contributed by atoms with E-state index >= 15 is 0 Å². The van der Waals surface area contributed by atoms with E-state index in [1.807, 2.05) is 0 Å². The topological polar surface area (TPSA) is 57.7 Å². The maximum absolute atomic E-state index is 4.00. The number of H-pyrrole nitrogens is 1. The zero-order valence-corrected chi connectivity index (χ0v) is 7.19. The van der Waals surface area contributed by atoms with Gasteiger partial charge in [-0.3, -0.25) is 0 Å². The van der Waals surface area contributed by atoms with Crippen LogP contribution in [0.4, 0.5) is 0 Å². The maximum Gasteiger partial charge on any atom is 0.178 e. The van der Waals surface area contributed by atoms with Crippen molar-refractivity contribution in [1.29, 1.82) is 0 Å². The van der Waals surface area contributed by atoms with E-state index in [0.717, 1.165) is 12.4 Å². The van der Waals surface area contributed by atoms with Crippen LogP contribution in [0.1, 0.15) is 24.6 Å². The van der Waals surface area contributed by atoms with Crippen LogP contribution < -0.4 is 0 Å². The SMILES string of the molecule is CN1CCC[C@@H](c2nn[nH]n2)C1. The molecule has 1 aromatic rings. The summed E-state index contributed by atoms with van der Waals surface area (Å²) in [7, 11) is 2.13. The summed E-state index contributed by atoms with van der Waals surface area (Å²) in [5.41, 5.74) is 0. The normalized spacial score (nSPS) is 25.9. The number of likely N-dealkylation sites (tertiary alicyclic amines) is 1. The number of aromatic nitrogens is 4. The predicted octanol–water partition coefficient (Wildman–Crippen LogP) is 0.00890. The van der Waals surface area contributed by atoms with Crippen LogP contribution in [0.25, 0.3) is 0 Å². The van der Waals surface area contributed by atoms with Gasteiger partial charge in [0.2, 0.25) is 0 Å². The van der Waals surface area contributed by atoms with Crippen molar-refractivity contribution in [2.24, 2.45) is 0 Å². The first kappa shape index (κ1) is 7.67. The zero-order chi connectivity index (χ0) is 8.39. The van der Waals surface area contributed by atoms with Gasteiger partial charge in [0, 0.05) is 12.5 Å². The monoisotopic (exact) mass is 167 g/mol. The first-order valence-corrected chi connectivity index (χ1v) is 4.28. The number of rotatable bonds is 1. The van der Waals surface area contributed by atoms with Gasteiger partial charge in [-0.15, -0.1) is 10.2 Å². The highest BCUT2D eigenvalue weighted by molar-refractivity contribution is 4.94. The molecule has 1 aromatic heterocycles. The Labute approximate surface area is 71.1 Å². The number of nitrogens with one attached hydrogen (secondary N) is 1. The summed E-state index contributed by atoms with van der Waals surface area (Å²) in [6.07, 6.45) is 2.42. The van der Waals surface area contributed by atoms with Gasteiger partial charge >= 0.3 is 0 Å². The molecule has 0 spiro atoms. The molecule has 0 aliphatic carbocycles. The molecule has 0 unspecified atom stereocenters. The third-order valence-corrected chi connectivity index (χ3v) is 2.35. The van der Waals surface area contributed by atoms with Crippen molar-refractivity contribution in [2.45, 2.75) is 18.8 Å². The summed E-state index contributed by atoms with van der Waals surface area (Å²) in [6, 6.07) is 0. The third-order valence-electron chi connectivity index (χ3n) is 2.35. The first-order chi connectivity index (χ1) is 5.86. The van der Waals surface area contributed by atoms with Gasteiger partial charge < -0.3 is 4.90 Å². The van der Waals surface area contributed by atoms with Gasteiger partial charge in [-0.25, -0.2) is 0 Å². The molecule has 5 heteroatoms. The lowest BCUT2D eigenvalue weighted by molar-refractivity contribution is 0.246. The van der Waals surface area contributed by atoms with Crippen molar-refractivity contribution in [3.8, 4) is 0 Å². The smallest absolute Gasteiger partial charge is 0.178 e. The van der Waals surface area contributed by atoms with E-state index in [2.05, 4.69) is 32.6 Å². The number of nitrogens with zero attached hydrogens (tertiary/aromatic N) is 4. The first-order valence-electron chi connectivity index (χ1n) is 4.28. The molecule has 1 aliphatic rings. The van der Waals surface area contributed by atoms with Crippen LogP contribution in [0, 0.1) is 0 Å². The fraction of sp³-hybridized carbons (Fsp3) is 0.857. The average molecular weight is 167 g/mol. The van der Waals surface area contributed by atoms with E-state index in [-0.39, 0.29) is 0 Å². The predicted molar refractivity (Wildman–Crippen MR) is 43.6 cm³/mol. The molecule has 0 radical (unpaired) electrons. The summed E-state index contributed by atoms with van der Waals surface area (Å²) in [5.74, 6) is 1.34. The standard InChI is InChI=1S/C7H13N5/c1-12-4-2-3-6(5-12)7-8-10-11-9-7/h6H,2-5H2,1H3,(H,8,9,10,11)/t6-/m1/s1. The second-order valence-electron chi connectivity index (χ2n) is 3.37. The Kier molecular flexibility index (Phi) is 2.03. The quantitative estimate of drug-likeness (QED) is 0.640. The molecule has 2 rings (SSSR count). The lowest BCUT2D eigenvalue weighted by Gasteiger charge is -2.27. The number of hydrogen-bond acceptors (Lipinski definition) is 4. The van der Waals surface area contributed by atoms with E-state index in [1.54, 1.807) is 0 Å². The van der Waals surface area contributed by atoms with Crippen molar-refractivity contribution in [3.05, 3.63) is 5.82 Å². The van der Waals surface area contributed by atoms with Crippen LogP contribution in [0.3, 0.4) is 0 Å². The van der Waals surface area contributed by atoms with Crippen LogP contribution in [0.15, 0.2) is 0 Å². The highest BCUT2D eigenvalue weighted by Crippen LogP contribution is 2.22. The van der Waals surface area contributed by atoms with Crippen molar-refractivity contribution < 1.29 is 0 Å². The molecule has 1 saturated heterocycles. The maximum atomic E-state index is 4.00. The summed E-state index contributed by atoms with van der Waals surface area (Å²) < 4.78 is 0. The summed E-state index contributed by atoms with van der Waals surface area (Å²) in [5, 5.41) is 14.1. The van der Waals surface area contributed by atoms with E-state index < -0.39 is 0 Å². The zero-order valence-electron chi connectivity index (χ0n) is 7.19. The molecular formula is C7H13N5. The van der Waals surface area contributed by atoms with Gasteiger partial charge in [-0.05, 0) is 26.4 Å². The van der Waals surface area contributed by atoms with E-state index in [9.17, 15) is 0 Å². The van der Waals surface area contributed by atoms with Gasteiger partial charge in [0.15, 0.2) is 5.82 Å². The van der Waals surface area contributed by atoms with Gasteiger partial charge in [-0.2, -0.15) is 5.21 Å². The van der Waals surface area contributed by atoms with Gasteiger partial charge in [0.1, 0.15) is 0 Å². The molecule has 1 aliphatic heterocycles. The fourth-order valence-electron chi connectivity index (χ4n) is 1.72. The van der Waals surface area contributed by atoms with Crippen molar-refractivity contribution in [3.63, 3.8) is 0 Å². The molecule has 2 heterocycles. The number of piperidine rings is 1. The van der Waals surface area contributed by atoms with E-state index in [1.165, 1.54) is 19.4 Å². The Morgan fingerprint density at radius 1 is 1.58 bits per heavy atom. The second kappa shape index (κ2) is 3.18. The minimum Gasteiger partial charge on any atom is -0.306 e. The number of aromatic amines is 1. The third kappa shape index (κ3) is 1.45. The fourth-order valence-corrected chi connectivity index (χ4v) is 1.72. The largest absolute Gasteiger partial charge is 0.306 e. The van der Waals surface area contributed by atoms with E-state index in [4.69, 9.17) is 0 Å². The van der Waals surface area contributed by atoms with Gasteiger partial charge in [-0.1, -0.05) is 5.21 Å². The molecule has 1 fully saturated rings. The van der Waals surface area contributed by atoms with Gasteiger partial charge in [0.05, 0.1) is 0 Å². The van der Waals surface area contributed by atoms with E-state index in [0.29, 0.717) is 5.92 Å². The summed E-state index contributed by atoms with van der Waals surface area (Å²) >= 11 is 0. The number of likely N-dealkylation sites (N-methyl/N-ethyl adjacent to an activating group) is 1. The van der Waals surface area contributed by atoms with Crippen molar-refractivity contribution in [1.82, 2.24) is 25.5 Å². The molecule has 0 aromatic carbocycles. The van der Waals surface area contributed by atoms with Gasteiger partial charge in [0.25, 0.3) is 0 Å². The minimum absolute atomic E-state index is 0.475. The molecule has 0 saturated carbocycles. The lowest BCUT2D eigenvalue weighted by Crippen LogP contribution is -2.31. The molecular weight excluding hydrogens is 154 g/mol.